The van der Waals surface area contributed by atoms with Crippen molar-refractivity contribution in [3.8, 4) is 6.07 Å². The third-order valence-corrected chi connectivity index (χ3v) is 4.89. The molecular formula is C22H24N4O3. The number of hydrogen-bond donors (Lipinski definition) is 2. The average molecular weight is 392 g/mol. The van der Waals surface area contributed by atoms with Gasteiger partial charge in [-0.15, -0.1) is 0 Å². The molecular weight excluding hydrogens is 368 g/mol. The monoisotopic (exact) mass is 392 g/mol. The number of morpholine rings is 1. The Labute approximate surface area is 170 Å². The number of para-hydroxylation sites is 2. The lowest BCUT2D eigenvalue weighted by Gasteiger charge is -2.31. The zero-order chi connectivity index (χ0) is 20.9. The minimum Gasteiger partial charge on any atom is -0.378 e. The van der Waals surface area contributed by atoms with Crippen LogP contribution in [0.3, 0.4) is 0 Å². The van der Waals surface area contributed by atoms with E-state index in [1.54, 1.807) is 38.1 Å². The molecule has 0 unspecified atom stereocenters. The van der Waals surface area contributed by atoms with Gasteiger partial charge in [-0.2, -0.15) is 5.26 Å². The second kappa shape index (κ2) is 8.76. The Kier molecular flexibility index (Phi) is 6.15. The fraction of sp³-hybridized carbons (Fsp3) is 0.318. The van der Waals surface area contributed by atoms with Crippen LogP contribution >= 0.6 is 0 Å². The van der Waals surface area contributed by atoms with Crippen molar-refractivity contribution in [3.63, 3.8) is 0 Å². The Morgan fingerprint density at radius 1 is 1.03 bits per heavy atom. The van der Waals surface area contributed by atoms with E-state index < -0.39 is 17.2 Å². The van der Waals surface area contributed by atoms with Gasteiger partial charge in [0, 0.05) is 18.8 Å². The SMILES string of the molecule is CC(C)(C(=O)Nc1cccc(C#N)c1)C(=O)Nc1ccccc1N1CCOCC1. The molecule has 7 heteroatoms. The average Bonchev–Trinajstić information content (AvgIpc) is 2.74. The standard InChI is InChI=1S/C22H24N4O3/c1-22(2,20(27)24-17-7-5-6-16(14-17)15-23)21(28)25-18-8-3-4-9-19(18)26-10-12-29-13-11-26/h3-9,14H,10-13H2,1-2H3,(H,24,27)(H,25,28). The Balaban J connectivity index is 1.74. The third-order valence-electron chi connectivity index (χ3n) is 4.89. The minimum atomic E-state index is -1.32. The summed E-state index contributed by atoms with van der Waals surface area (Å²) in [5, 5.41) is 14.6. The molecule has 150 valence electrons. The summed E-state index contributed by atoms with van der Waals surface area (Å²) in [6.07, 6.45) is 0. The molecule has 1 heterocycles. The largest absolute Gasteiger partial charge is 0.378 e. The summed E-state index contributed by atoms with van der Waals surface area (Å²) in [4.78, 5) is 27.9. The van der Waals surface area contributed by atoms with E-state index in [1.165, 1.54) is 0 Å². The first-order valence-electron chi connectivity index (χ1n) is 9.46. The maximum atomic E-state index is 13.0. The van der Waals surface area contributed by atoms with Gasteiger partial charge in [0.25, 0.3) is 0 Å². The third kappa shape index (κ3) is 4.73. The van der Waals surface area contributed by atoms with E-state index in [0.29, 0.717) is 30.2 Å². The molecule has 0 saturated carbocycles. The van der Waals surface area contributed by atoms with Gasteiger partial charge < -0.3 is 20.3 Å². The lowest BCUT2D eigenvalue weighted by atomic mass is 9.90. The molecule has 2 aromatic carbocycles. The molecule has 29 heavy (non-hydrogen) atoms. The highest BCUT2D eigenvalue weighted by molar-refractivity contribution is 6.14. The molecule has 2 aromatic rings. The fourth-order valence-corrected chi connectivity index (χ4v) is 2.99. The van der Waals surface area contributed by atoms with Crippen molar-refractivity contribution in [3.05, 3.63) is 54.1 Å². The number of ether oxygens (including phenoxy) is 1. The zero-order valence-corrected chi connectivity index (χ0v) is 16.6. The van der Waals surface area contributed by atoms with Crippen LogP contribution in [0.15, 0.2) is 48.5 Å². The molecule has 1 fully saturated rings. The molecule has 1 saturated heterocycles. The van der Waals surface area contributed by atoms with E-state index in [-0.39, 0.29) is 0 Å². The summed E-state index contributed by atoms with van der Waals surface area (Å²) in [5.41, 5.74) is 1.16. The normalized spacial score (nSPS) is 14.0. The van der Waals surface area contributed by atoms with Crippen LogP contribution < -0.4 is 15.5 Å². The van der Waals surface area contributed by atoms with Crippen molar-refractivity contribution in [1.29, 1.82) is 5.26 Å². The van der Waals surface area contributed by atoms with E-state index in [1.807, 2.05) is 30.3 Å². The summed E-state index contributed by atoms with van der Waals surface area (Å²) in [6.45, 7) is 5.90. The molecule has 2 N–H and O–H groups in total. The number of nitrogens with one attached hydrogen (secondary N) is 2. The van der Waals surface area contributed by atoms with Gasteiger partial charge in [0.05, 0.1) is 36.2 Å². The van der Waals surface area contributed by atoms with E-state index >= 15 is 0 Å². The Bertz CT molecular complexity index is 943. The zero-order valence-electron chi connectivity index (χ0n) is 16.6. The first kappa shape index (κ1) is 20.4. The highest BCUT2D eigenvalue weighted by Crippen LogP contribution is 2.29. The molecule has 0 aliphatic carbocycles. The second-order valence-corrected chi connectivity index (χ2v) is 7.34. The summed E-state index contributed by atoms with van der Waals surface area (Å²) in [6, 6.07) is 16.1. The molecule has 1 aliphatic heterocycles. The van der Waals surface area contributed by atoms with E-state index in [4.69, 9.17) is 10.00 Å². The van der Waals surface area contributed by atoms with Gasteiger partial charge in [-0.05, 0) is 44.2 Å². The van der Waals surface area contributed by atoms with Gasteiger partial charge in [-0.3, -0.25) is 9.59 Å². The summed E-state index contributed by atoms with van der Waals surface area (Å²) in [5.74, 6) is -0.860. The van der Waals surface area contributed by atoms with Crippen LogP contribution in [0.25, 0.3) is 0 Å². The number of nitrogens with zero attached hydrogens (tertiary/aromatic N) is 2. The number of rotatable bonds is 5. The quantitative estimate of drug-likeness (QED) is 0.763. The maximum absolute atomic E-state index is 13.0. The number of amides is 2. The molecule has 7 nitrogen and oxygen atoms in total. The van der Waals surface area contributed by atoms with Crippen LogP contribution in [0.1, 0.15) is 19.4 Å². The molecule has 1 aliphatic rings. The van der Waals surface area contributed by atoms with Crippen molar-refractivity contribution in [2.45, 2.75) is 13.8 Å². The molecule has 0 atom stereocenters. The van der Waals surface area contributed by atoms with Gasteiger partial charge >= 0.3 is 0 Å². The number of carbonyl (C=O) groups is 2. The number of carbonyl (C=O) groups excluding carboxylic acids is 2. The predicted octanol–water partition coefficient (Wildman–Crippen LogP) is 3.00. The van der Waals surface area contributed by atoms with E-state index in [9.17, 15) is 9.59 Å². The van der Waals surface area contributed by atoms with Crippen LogP contribution in [0.4, 0.5) is 17.1 Å². The molecule has 0 spiro atoms. The van der Waals surface area contributed by atoms with Crippen molar-refractivity contribution >= 4 is 28.9 Å². The van der Waals surface area contributed by atoms with Crippen LogP contribution in [0.2, 0.25) is 0 Å². The smallest absolute Gasteiger partial charge is 0.239 e. The topological polar surface area (TPSA) is 94.5 Å². The van der Waals surface area contributed by atoms with Crippen molar-refractivity contribution < 1.29 is 14.3 Å². The van der Waals surface area contributed by atoms with Crippen LogP contribution in [0, 0.1) is 16.7 Å². The van der Waals surface area contributed by atoms with E-state index in [2.05, 4.69) is 15.5 Å². The maximum Gasteiger partial charge on any atom is 0.239 e. The summed E-state index contributed by atoms with van der Waals surface area (Å²) in [7, 11) is 0. The first-order valence-corrected chi connectivity index (χ1v) is 9.46. The fourth-order valence-electron chi connectivity index (χ4n) is 2.99. The molecule has 2 amide bonds. The summed E-state index contributed by atoms with van der Waals surface area (Å²) >= 11 is 0. The lowest BCUT2D eigenvalue weighted by molar-refractivity contribution is -0.135. The minimum absolute atomic E-state index is 0.410. The van der Waals surface area contributed by atoms with Gasteiger partial charge in [0.15, 0.2) is 0 Å². The van der Waals surface area contributed by atoms with Gasteiger partial charge in [0.2, 0.25) is 11.8 Å². The molecule has 0 bridgehead atoms. The van der Waals surface area contributed by atoms with Crippen LogP contribution in [-0.2, 0) is 14.3 Å². The molecule has 0 radical (unpaired) electrons. The van der Waals surface area contributed by atoms with E-state index in [0.717, 1.165) is 18.8 Å². The lowest BCUT2D eigenvalue weighted by Crippen LogP contribution is -2.42. The van der Waals surface area contributed by atoms with Gasteiger partial charge in [0.1, 0.15) is 5.41 Å². The van der Waals surface area contributed by atoms with Crippen LogP contribution in [-0.4, -0.2) is 38.1 Å². The first-order chi connectivity index (χ1) is 13.9. The number of nitriles is 1. The number of hydrogen-bond acceptors (Lipinski definition) is 5. The Morgan fingerprint density at radius 3 is 2.45 bits per heavy atom. The predicted molar refractivity (Wildman–Crippen MR) is 112 cm³/mol. The Hall–Kier alpha value is -3.37. The van der Waals surface area contributed by atoms with Gasteiger partial charge in [-0.25, -0.2) is 0 Å². The van der Waals surface area contributed by atoms with Crippen molar-refractivity contribution in [1.82, 2.24) is 0 Å². The Morgan fingerprint density at radius 2 is 1.72 bits per heavy atom. The van der Waals surface area contributed by atoms with Crippen LogP contribution in [0.5, 0.6) is 0 Å². The highest BCUT2D eigenvalue weighted by Gasteiger charge is 2.36. The number of benzene rings is 2. The number of anilines is 3. The van der Waals surface area contributed by atoms with Crippen molar-refractivity contribution in [2.75, 3.05) is 41.8 Å². The summed E-state index contributed by atoms with van der Waals surface area (Å²) < 4.78 is 5.40. The van der Waals surface area contributed by atoms with Crippen molar-refractivity contribution in [2.24, 2.45) is 5.41 Å². The molecule has 3 rings (SSSR count). The molecule has 0 aromatic heterocycles. The van der Waals surface area contributed by atoms with Gasteiger partial charge in [-0.1, -0.05) is 18.2 Å². The second-order valence-electron chi connectivity index (χ2n) is 7.34. The highest BCUT2D eigenvalue weighted by atomic mass is 16.5.